The van der Waals surface area contributed by atoms with Crippen molar-refractivity contribution in [3.8, 4) is 5.75 Å². The van der Waals surface area contributed by atoms with Crippen molar-refractivity contribution in [1.82, 2.24) is 4.90 Å². The number of piperidine rings is 1. The van der Waals surface area contributed by atoms with Gasteiger partial charge in [0.15, 0.2) is 6.61 Å². The molecule has 0 saturated carbocycles. The minimum absolute atomic E-state index is 0.0562. The highest BCUT2D eigenvalue weighted by Crippen LogP contribution is 2.22. The molecule has 0 aromatic heterocycles. The Morgan fingerprint density at radius 3 is 2.54 bits per heavy atom. The number of esters is 1. The summed E-state index contributed by atoms with van der Waals surface area (Å²) >= 11 is 0. The van der Waals surface area contributed by atoms with Crippen LogP contribution in [0.3, 0.4) is 0 Å². The van der Waals surface area contributed by atoms with Crippen molar-refractivity contribution in [1.29, 1.82) is 0 Å². The van der Waals surface area contributed by atoms with E-state index in [1.807, 2.05) is 13.8 Å². The molecule has 0 N–H and O–H groups in total. The number of nitrogens with zero attached hydrogens (tertiary/aromatic N) is 1. The number of carbonyl (C=O) groups excluding carboxylic acids is 2. The van der Waals surface area contributed by atoms with Crippen LogP contribution in [-0.4, -0.2) is 42.1 Å². The van der Waals surface area contributed by atoms with Gasteiger partial charge in [-0.15, -0.1) is 0 Å². The Bertz CT molecular complexity index is 584. The van der Waals surface area contributed by atoms with Crippen molar-refractivity contribution in [2.75, 3.05) is 6.61 Å². The minimum atomic E-state index is -2.97. The highest BCUT2D eigenvalue weighted by Gasteiger charge is 2.29. The lowest BCUT2D eigenvalue weighted by atomic mass is 9.97. The molecule has 1 aromatic carbocycles. The lowest BCUT2D eigenvalue weighted by Gasteiger charge is -2.38. The third-order valence-corrected chi connectivity index (χ3v) is 4.10. The molecule has 1 saturated heterocycles. The van der Waals surface area contributed by atoms with Crippen molar-refractivity contribution in [2.24, 2.45) is 0 Å². The van der Waals surface area contributed by atoms with Gasteiger partial charge in [-0.05, 0) is 51.3 Å². The summed E-state index contributed by atoms with van der Waals surface area (Å²) in [4.78, 5) is 26.0. The number of hydrogen-bond donors (Lipinski definition) is 0. The summed E-state index contributed by atoms with van der Waals surface area (Å²) in [7, 11) is 0. The van der Waals surface area contributed by atoms with Gasteiger partial charge in [0.1, 0.15) is 5.75 Å². The Kier molecular flexibility index (Phi) is 6.11. The second-order valence-corrected chi connectivity index (χ2v) is 5.91. The summed E-state index contributed by atoms with van der Waals surface area (Å²) in [6.07, 6.45) is 2.93. The van der Waals surface area contributed by atoms with E-state index in [1.54, 1.807) is 4.90 Å². The van der Waals surface area contributed by atoms with E-state index in [9.17, 15) is 18.4 Å². The van der Waals surface area contributed by atoms with Crippen molar-refractivity contribution in [2.45, 2.75) is 51.8 Å². The molecule has 0 bridgehead atoms. The molecule has 5 nitrogen and oxygen atoms in total. The zero-order chi connectivity index (χ0) is 17.7. The average molecular weight is 341 g/mol. The Labute approximate surface area is 139 Å². The van der Waals surface area contributed by atoms with Crippen molar-refractivity contribution in [3.05, 3.63) is 29.8 Å². The minimum Gasteiger partial charge on any atom is -0.452 e. The van der Waals surface area contributed by atoms with E-state index in [0.29, 0.717) is 0 Å². The van der Waals surface area contributed by atoms with Gasteiger partial charge in [0.05, 0.1) is 5.56 Å². The van der Waals surface area contributed by atoms with Gasteiger partial charge in [-0.2, -0.15) is 8.78 Å². The zero-order valence-corrected chi connectivity index (χ0v) is 13.7. The van der Waals surface area contributed by atoms with E-state index in [2.05, 4.69) is 4.74 Å². The summed E-state index contributed by atoms with van der Waals surface area (Å²) in [6.45, 7) is 0.606. The molecule has 2 rings (SSSR count). The zero-order valence-electron chi connectivity index (χ0n) is 13.7. The SMILES string of the molecule is C[C@H]1CCC[C@H](C)N1C(=O)COC(=O)c1cccc(OC(F)F)c1. The Morgan fingerprint density at radius 1 is 1.25 bits per heavy atom. The number of amides is 1. The van der Waals surface area contributed by atoms with Gasteiger partial charge in [-0.3, -0.25) is 4.79 Å². The first-order valence-corrected chi connectivity index (χ1v) is 7.91. The van der Waals surface area contributed by atoms with E-state index >= 15 is 0 Å². The maximum atomic E-state index is 12.3. The van der Waals surface area contributed by atoms with Gasteiger partial charge >= 0.3 is 12.6 Å². The van der Waals surface area contributed by atoms with E-state index < -0.39 is 12.6 Å². The van der Waals surface area contributed by atoms with E-state index in [4.69, 9.17) is 4.74 Å². The van der Waals surface area contributed by atoms with Crippen LogP contribution in [0.1, 0.15) is 43.5 Å². The molecule has 1 amide bonds. The first-order valence-electron chi connectivity index (χ1n) is 7.91. The van der Waals surface area contributed by atoms with Crippen LogP contribution in [0.5, 0.6) is 5.75 Å². The monoisotopic (exact) mass is 341 g/mol. The molecular weight excluding hydrogens is 320 g/mol. The van der Waals surface area contributed by atoms with Crippen LogP contribution in [0.15, 0.2) is 24.3 Å². The highest BCUT2D eigenvalue weighted by molar-refractivity contribution is 5.91. The lowest BCUT2D eigenvalue weighted by molar-refractivity contribution is -0.140. The number of alkyl halides is 2. The Hall–Kier alpha value is -2.18. The Morgan fingerprint density at radius 2 is 1.92 bits per heavy atom. The number of carbonyl (C=O) groups is 2. The maximum absolute atomic E-state index is 12.3. The second-order valence-electron chi connectivity index (χ2n) is 5.91. The smallest absolute Gasteiger partial charge is 0.387 e. The average Bonchev–Trinajstić information content (AvgIpc) is 2.52. The fourth-order valence-electron chi connectivity index (χ4n) is 3.00. The summed E-state index contributed by atoms with van der Waals surface area (Å²) in [5.74, 6) is -1.13. The summed E-state index contributed by atoms with van der Waals surface area (Å²) < 4.78 is 33.7. The number of likely N-dealkylation sites (tertiary alicyclic amines) is 1. The second kappa shape index (κ2) is 8.08. The van der Waals surface area contributed by atoms with E-state index in [0.717, 1.165) is 25.3 Å². The van der Waals surface area contributed by atoms with Crippen LogP contribution in [0.2, 0.25) is 0 Å². The van der Waals surface area contributed by atoms with Crippen LogP contribution in [0, 0.1) is 0 Å². The topological polar surface area (TPSA) is 55.8 Å². The first-order chi connectivity index (χ1) is 11.4. The van der Waals surface area contributed by atoms with Crippen molar-refractivity contribution in [3.63, 3.8) is 0 Å². The summed E-state index contributed by atoms with van der Waals surface area (Å²) in [5, 5.41) is 0. The van der Waals surface area contributed by atoms with Crippen molar-refractivity contribution >= 4 is 11.9 Å². The molecule has 24 heavy (non-hydrogen) atoms. The lowest BCUT2D eigenvalue weighted by Crippen LogP contribution is -2.49. The molecule has 1 aliphatic rings. The third-order valence-electron chi connectivity index (χ3n) is 4.10. The molecule has 0 spiro atoms. The molecular formula is C17H21F2NO4. The molecule has 7 heteroatoms. The molecule has 0 unspecified atom stereocenters. The van der Waals surface area contributed by atoms with Gasteiger partial charge < -0.3 is 14.4 Å². The molecule has 132 valence electrons. The van der Waals surface area contributed by atoms with Gasteiger partial charge in [0.25, 0.3) is 5.91 Å². The molecule has 1 heterocycles. The number of benzene rings is 1. The summed E-state index contributed by atoms with van der Waals surface area (Å²) in [6, 6.07) is 5.52. The fourth-order valence-corrected chi connectivity index (χ4v) is 3.00. The standard InChI is InChI=1S/C17H21F2NO4/c1-11-5-3-6-12(2)20(11)15(21)10-23-16(22)13-7-4-8-14(9-13)24-17(18)19/h4,7-9,11-12,17H,3,5-6,10H2,1-2H3/t11-,12-/m0/s1. The quantitative estimate of drug-likeness (QED) is 0.772. The van der Waals surface area contributed by atoms with Crippen LogP contribution >= 0.6 is 0 Å². The molecule has 1 aromatic rings. The highest BCUT2D eigenvalue weighted by atomic mass is 19.3. The van der Waals surface area contributed by atoms with Gasteiger partial charge in [-0.25, -0.2) is 4.79 Å². The molecule has 0 aliphatic carbocycles. The van der Waals surface area contributed by atoms with Crippen LogP contribution in [0.4, 0.5) is 8.78 Å². The number of halogens is 2. The number of rotatable bonds is 5. The van der Waals surface area contributed by atoms with Crippen LogP contribution in [-0.2, 0) is 9.53 Å². The molecule has 2 atom stereocenters. The first kappa shape index (κ1) is 18.2. The van der Waals surface area contributed by atoms with E-state index in [1.165, 1.54) is 18.2 Å². The predicted octanol–water partition coefficient (Wildman–Crippen LogP) is 3.23. The van der Waals surface area contributed by atoms with Crippen LogP contribution in [0.25, 0.3) is 0 Å². The largest absolute Gasteiger partial charge is 0.452 e. The summed E-state index contributed by atoms with van der Waals surface area (Å²) in [5.41, 5.74) is 0.0562. The molecule has 1 aliphatic heterocycles. The number of ether oxygens (including phenoxy) is 2. The Balaban J connectivity index is 1.94. The predicted molar refractivity (Wildman–Crippen MR) is 83.0 cm³/mol. The van der Waals surface area contributed by atoms with Gasteiger partial charge in [0.2, 0.25) is 0 Å². The third kappa shape index (κ3) is 4.66. The number of hydrogen-bond acceptors (Lipinski definition) is 4. The van der Waals surface area contributed by atoms with Gasteiger partial charge in [-0.1, -0.05) is 6.07 Å². The maximum Gasteiger partial charge on any atom is 0.387 e. The van der Waals surface area contributed by atoms with Crippen molar-refractivity contribution < 1.29 is 27.8 Å². The fraction of sp³-hybridized carbons (Fsp3) is 0.529. The molecule has 0 radical (unpaired) electrons. The molecule has 1 fully saturated rings. The van der Waals surface area contributed by atoms with Gasteiger partial charge in [0, 0.05) is 12.1 Å². The van der Waals surface area contributed by atoms with E-state index in [-0.39, 0.29) is 35.9 Å². The normalized spacial score (nSPS) is 20.8. The van der Waals surface area contributed by atoms with Crippen LogP contribution < -0.4 is 4.74 Å².